The van der Waals surface area contributed by atoms with E-state index in [2.05, 4.69) is 28.1 Å². The smallest absolute Gasteiger partial charge is 0.410 e. The lowest BCUT2D eigenvalue weighted by Gasteiger charge is -2.45. The number of carbonyl (C=O) groups is 2. The number of halogens is 1. The largest absolute Gasteiger partial charge is 0.446 e. The molecule has 2 atom stereocenters. The first-order valence-electron chi connectivity index (χ1n) is 17.1. The number of benzene rings is 1. The molecule has 46 heavy (non-hydrogen) atoms. The molecule has 3 fully saturated rings. The Hall–Kier alpha value is -3.43. The molecule has 10 heteroatoms. The van der Waals surface area contributed by atoms with Gasteiger partial charge in [0.2, 0.25) is 5.91 Å². The molecule has 244 valence electrons. The average molecular weight is 645 g/mol. The van der Waals surface area contributed by atoms with Crippen molar-refractivity contribution in [1.29, 1.82) is 0 Å². The van der Waals surface area contributed by atoms with Gasteiger partial charge in [-0.25, -0.2) is 9.78 Å². The van der Waals surface area contributed by atoms with Crippen molar-refractivity contribution in [2.45, 2.75) is 89.4 Å². The fourth-order valence-corrected chi connectivity index (χ4v) is 7.75. The molecule has 1 aliphatic heterocycles. The van der Waals surface area contributed by atoms with E-state index >= 15 is 0 Å². The zero-order valence-electron chi connectivity index (χ0n) is 26.8. The van der Waals surface area contributed by atoms with Gasteiger partial charge in [0.1, 0.15) is 12.1 Å². The molecule has 0 bridgehead atoms. The van der Waals surface area contributed by atoms with Crippen LogP contribution in [0.4, 0.5) is 4.79 Å². The Bertz CT molecular complexity index is 1550. The third kappa shape index (κ3) is 6.95. The SMILES string of the molecule is Cc1cn(CCN(CC2CC2)C(=O)[C@H]2CN(C3c4ccc(Cl)cc4CCc4cccnc43)CCN2C(=O)OC2CCCCC2)cn1. The van der Waals surface area contributed by atoms with E-state index in [0.29, 0.717) is 45.2 Å². The molecule has 4 aliphatic rings. The van der Waals surface area contributed by atoms with E-state index in [1.807, 2.05) is 47.2 Å². The van der Waals surface area contributed by atoms with Gasteiger partial charge in [0.25, 0.3) is 0 Å². The topological polar surface area (TPSA) is 83.8 Å². The van der Waals surface area contributed by atoms with Gasteiger partial charge in [-0.2, -0.15) is 0 Å². The summed E-state index contributed by atoms with van der Waals surface area (Å²) in [4.78, 5) is 44.0. The number of aromatic nitrogens is 3. The number of rotatable bonds is 8. The molecule has 1 aromatic carbocycles. The van der Waals surface area contributed by atoms with Gasteiger partial charge in [-0.15, -0.1) is 0 Å². The van der Waals surface area contributed by atoms with Crippen LogP contribution in [0.2, 0.25) is 5.02 Å². The summed E-state index contributed by atoms with van der Waals surface area (Å²) in [6, 6.07) is 9.53. The van der Waals surface area contributed by atoms with Crippen molar-refractivity contribution in [3.8, 4) is 0 Å². The lowest BCUT2D eigenvalue weighted by molar-refractivity contribution is -0.140. The molecule has 1 saturated heterocycles. The monoisotopic (exact) mass is 644 g/mol. The van der Waals surface area contributed by atoms with Crippen LogP contribution < -0.4 is 0 Å². The first-order chi connectivity index (χ1) is 22.4. The summed E-state index contributed by atoms with van der Waals surface area (Å²) in [5.74, 6) is 0.519. The van der Waals surface area contributed by atoms with Crippen LogP contribution in [0, 0.1) is 12.8 Å². The Balaban J connectivity index is 1.20. The Morgan fingerprint density at radius 2 is 1.85 bits per heavy atom. The number of nitrogens with zero attached hydrogens (tertiary/aromatic N) is 6. The second kappa shape index (κ2) is 13.7. The number of pyridine rings is 1. The standard InChI is InChI=1S/C36H45ClN6O3/c1-25-21-40(24-39-25)16-17-42(22-26-9-10-26)35(44)32-23-41(18-19-43(32)36(45)46-30-7-3-2-4-8-30)34-31-14-13-29(37)20-28(31)12-11-27-6-5-15-38-33(27)34/h5-6,13-15,20-21,24,26,30,32,34H,2-4,7-12,16-19,22-23H2,1H3/t32-,34?/m1/s1. The van der Waals surface area contributed by atoms with Crippen molar-refractivity contribution in [2.24, 2.45) is 5.92 Å². The summed E-state index contributed by atoms with van der Waals surface area (Å²) in [6.45, 7) is 5.36. The number of imidazole rings is 1. The van der Waals surface area contributed by atoms with Crippen LogP contribution in [-0.4, -0.2) is 86.1 Å². The lowest BCUT2D eigenvalue weighted by atomic mass is 9.95. The first kappa shape index (κ1) is 31.2. The number of amides is 2. The molecule has 9 nitrogen and oxygen atoms in total. The molecule has 2 aromatic heterocycles. The predicted octanol–water partition coefficient (Wildman–Crippen LogP) is 5.82. The second-order valence-corrected chi connectivity index (χ2v) is 14.1. The summed E-state index contributed by atoms with van der Waals surface area (Å²) in [7, 11) is 0. The van der Waals surface area contributed by atoms with Gasteiger partial charge in [-0.1, -0.05) is 30.2 Å². The van der Waals surface area contributed by atoms with Crippen LogP contribution in [0.5, 0.6) is 0 Å². The quantitative estimate of drug-likeness (QED) is 0.307. The number of ether oxygens (including phenoxy) is 1. The van der Waals surface area contributed by atoms with Gasteiger partial charge >= 0.3 is 6.09 Å². The lowest BCUT2D eigenvalue weighted by Crippen LogP contribution is -2.62. The van der Waals surface area contributed by atoms with Crippen LogP contribution in [0.3, 0.4) is 0 Å². The summed E-state index contributed by atoms with van der Waals surface area (Å²) in [5.41, 5.74) is 5.59. The molecule has 3 heterocycles. The zero-order chi connectivity index (χ0) is 31.6. The number of fused-ring (bicyclic) bond motifs is 2. The maximum absolute atomic E-state index is 14.7. The highest BCUT2D eigenvalue weighted by molar-refractivity contribution is 6.30. The van der Waals surface area contributed by atoms with Gasteiger partial charge in [0.15, 0.2) is 0 Å². The Labute approximate surface area is 276 Å². The molecular weight excluding hydrogens is 600 g/mol. The van der Waals surface area contributed by atoms with Crippen molar-refractivity contribution in [2.75, 3.05) is 32.7 Å². The van der Waals surface area contributed by atoms with Crippen molar-refractivity contribution < 1.29 is 14.3 Å². The highest BCUT2D eigenvalue weighted by Gasteiger charge is 2.43. The van der Waals surface area contributed by atoms with Gasteiger partial charge in [0.05, 0.1) is 23.8 Å². The second-order valence-electron chi connectivity index (χ2n) is 13.6. The molecule has 0 N–H and O–H groups in total. The van der Waals surface area contributed by atoms with Crippen LogP contribution in [-0.2, 0) is 28.9 Å². The molecule has 2 saturated carbocycles. The third-order valence-electron chi connectivity index (χ3n) is 10.2. The summed E-state index contributed by atoms with van der Waals surface area (Å²) >= 11 is 6.49. The van der Waals surface area contributed by atoms with E-state index in [1.54, 1.807) is 4.90 Å². The Morgan fingerprint density at radius 3 is 2.63 bits per heavy atom. The average Bonchev–Trinajstić information content (AvgIpc) is 3.83. The van der Waals surface area contributed by atoms with Crippen LogP contribution in [0.1, 0.15) is 79.1 Å². The normalized spacial score (nSPS) is 22.1. The number of aryl methyl sites for hydroxylation is 3. The van der Waals surface area contributed by atoms with Gasteiger partial charge in [-0.3, -0.25) is 19.6 Å². The predicted molar refractivity (Wildman–Crippen MR) is 177 cm³/mol. The van der Waals surface area contributed by atoms with Crippen molar-refractivity contribution >= 4 is 23.6 Å². The van der Waals surface area contributed by atoms with Gasteiger partial charge in [0, 0.05) is 56.7 Å². The van der Waals surface area contributed by atoms with E-state index in [1.165, 1.54) is 23.1 Å². The van der Waals surface area contributed by atoms with Crippen molar-refractivity contribution in [1.82, 2.24) is 29.2 Å². The Morgan fingerprint density at radius 1 is 1.02 bits per heavy atom. The molecule has 2 amide bonds. The number of hydrogen-bond acceptors (Lipinski definition) is 6. The molecule has 7 rings (SSSR count). The zero-order valence-corrected chi connectivity index (χ0v) is 27.6. The highest BCUT2D eigenvalue weighted by Crippen LogP contribution is 2.38. The molecule has 3 aliphatic carbocycles. The van der Waals surface area contributed by atoms with E-state index in [9.17, 15) is 9.59 Å². The van der Waals surface area contributed by atoms with E-state index < -0.39 is 6.04 Å². The maximum Gasteiger partial charge on any atom is 0.410 e. The maximum atomic E-state index is 14.7. The molecule has 3 aromatic rings. The Kier molecular flexibility index (Phi) is 9.31. The van der Waals surface area contributed by atoms with E-state index in [0.717, 1.165) is 67.8 Å². The third-order valence-corrected chi connectivity index (χ3v) is 10.5. The molecular formula is C36H45ClN6O3. The number of hydrogen-bond donors (Lipinski definition) is 0. The van der Waals surface area contributed by atoms with Crippen LogP contribution in [0.15, 0.2) is 49.1 Å². The summed E-state index contributed by atoms with van der Waals surface area (Å²) < 4.78 is 8.14. The summed E-state index contributed by atoms with van der Waals surface area (Å²) in [5, 5.41) is 0.726. The minimum absolute atomic E-state index is 0.000210. The highest BCUT2D eigenvalue weighted by atomic mass is 35.5. The minimum Gasteiger partial charge on any atom is -0.446 e. The number of carbonyl (C=O) groups excluding carboxylic acids is 2. The van der Waals surface area contributed by atoms with Crippen molar-refractivity contribution in [3.05, 3.63) is 82.2 Å². The fourth-order valence-electron chi connectivity index (χ4n) is 7.56. The molecule has 0 radical (unpaired) electrons. The number of piperazine rings is 1. The van der Waals surface area contributed by atoms with Crippen molar-refractivity contribution in [3.63, 3.8) is 0 Å². The van der Waals surface area contributed by atoms with E-state index in [-0.39, 0.29) is 24.1 Å². The first-order valence-corrected chi connectivity index (χ1v) is 17.5. The van der Waals surface area contributed by atoms with Gasteiger partial charge in [-0.05, 0) is 99.1 Å². The van der Waals surface area contributed by atoms with Crippen LogP contribution >= 0.6 is 11.6 Å². The fraction of sp³-hybridized carbons (Fsp3) is 0.556. The molecule has 0 spiro atoms. The van der Waals surface area contributed by atoms with E-state index in [4.69, 9.17) is 21.3 Å². The van der Waals surface area contributed by atoms with Crippen LogP contribution in [0.25, 0.3) is 0 Å². The minimum atomic E-state index is -0.653. The van der Waals surface area contributed by atoms with Gasteiger partial charge < -0.3 is 14.2 Å². The molecule has 1 unspecified atom stereocenters. The summed E-state index contributed by atoms with van der Waals surface area (Å²) in [6.07, 6.45) is 14.4.